The van der Waals surface area contributed by atoms with Crippen LogP contribution in [0.3, 0.4) is 0 Å². The van der Waals surface area contributed by atoms with Gasteiger partial charge in [0.1, 0.15) is 0 Å². The Morgan fingerprint density at radius 2 is 1.55 bits per heavy atom. The summed E-state index contributed by atoms with van der Waals surface area (Å²) in [6, 6.07) is 0. The third-order valence-electron chi connectivity index (χ3n) is 3.99. The number of aliphatic carboxylic acids is 2. The van der Waals surface area contributed by atoms with E-state index in [1.807, 2.05) is 0 Å². The summed E-state index contributed by atoms with van der Waals surface area (Å²) in [5, 5.41) is 18.2. The van der Waals surface area contributed by atoms with Crippen LogP contribution in [0, 0.1) is 0 Å². The molecule has 0 unspecified atom stereocenters. The minimum absolute atomic E-state index is 0.0285. The van der Waals surface area contributed by atoms with E-state index in [1.165, 1.54) is 0 Å². The molecule has 1 fully saturated rings. The van der Waals surface area contributed by atoms with E-state index >= 15 is 0 Å². The van der Waals surface area contributed by atoms with Crippen molar-refractivity contribution in [2.45, 2.75) is 45.4 Å². The fourth-order valence-electron chi connectivity index (χ4n) is 2.70. The highest BCUT2D eigenvalue weighted by Gasteiger charge is 2.18. The first-order chi connectivity index (χ1) is 10.6. The standard InChI is InChI=1S/C16H27NO5/c1-2-13(15(18)19)14(16(20)21)7-5-3-4-6-8-17-9-11-22-12-10-17/h2-12H2,1H3,(H,18,19)(H,20,21)/b14-13+. The lowest BCUT2D eigenvalue weighted by Gasteiger charge is -2.26. The molecule has 0 bridgehead atoms. The third kappa shape index (κ3) is 6.58. The van der Waals surface area contributed by atoms with Gasteiger partial charge in [0.25, 0.3) is 0 Å². The highest BCUT2D eigenvalue weighted by Crippen LogP contribution is 2.17. The molecule has 6 heteroatoms. The molecule has 1 saturated heterocycles. The summed E-state index contributed by atoms with van der Waals surface area (Å²) in [5.74, 6) is -2.22. The van der Waals surface area contributed by atoms with Crippen molar-refractivity contribution in [2.75, 3.05) is 32.8 Å². The molecule has 0 aromatic heterocycles. The average molecular weight is 313 g/mol. The van der Waals surface area contributed by atoms with Crippen LogP contribution in [0.5, 0.6) is 0 Å². The average Bonchev–Trinajstić information content (AvgIpc) is 2.50. The van der Waals surface area contributed by atoms with Gasteiger partial charge in [0.2, 0.25) is 0 Å². The first kappa shape index (κ1) is 18.6. The number of carboxylic acid groups (broad SMARTS) is 2. The van der Waals surface area contributed by atoms with Crippen molar-refractivity contribution in [1.29, 1.82) is 0 Å². The van der Waals surface area contributed by atoms with Gasteiger partial charge in [-0.2, -0.15) is 0 Å². The lowest BCUT2D eigenvalue weighted by Crippen LogP contribution is -2.36. The zero-order valence-corrected chi connectivity index (χ0v) is 13.3. The van der Waals surface area contributed by atoms with Crippen LogP contribution >= 0.6 is 0 Å². The maximum absolute atomic E-state index is 11.2. The molecule has 0 saturated carbocycles. The number of ether oxygens (including phenoxy) is 1. The van der Waals surface area contributed by atoms with Crippen LogP contribution in [0.4, 0.5) is 0 Å². The second kappa shape index (κ2) is 10.3. The first-order valence-electron chi connectivity index (χ1n) is 8.05. The minimum atomic E-state index is -1.12. The van der Waals surface area contributed by atoms with Crippen LogP contribution in [0.2, 0.25) is 0 Å². The molecular weight excluding hydrogens is 286 g/mol. The topological polar surface area (TPSA) is 87.1 Å². The van der Waals surface area contributed by atoms with Crippen LogP contribution in [0.25, 0.3) is 0 Å². The number of hydrogen-bond acceptors (Lipinski definition) is 4. The lowest BCUT2D eigenvalue weighted by molar-refractivity contribution is -0.136. The predicted octanol–water partition coefficient (Wildman–Crippen LogP) is 2.14. The van der Waals surface area contributed by atoms with Crippen LogP contribution < -0.4 is 0 Å². The van der Waals surface area contributed by atoms with Crippen molar-refractivity contribution in [3.63, 3.8) is 0 Å². The van der Waals surface area contributed by atoms with Gasteiger partial charge in [0.15, 0.2) is 0 Å². The number of unbranched alkanes of at least 4 members (excludes halogenated alkanes) is 3. The first-order valence-corrected chi connectivity index (χ1v) is 8.05. The number of nitrogens with zero attached hydrogens (tertiary/aromatic N) is 1. The largest absolute Gasteiger partial charge is 0.478 e. The predicted molar refractivity (Wildman–Crippen MR) is 82.9 cm³/mol. The number of rotatable bonds is 10. The second-order valence-electron chi connectivity index (χ2n) is 5.54. The molecule has 2 N–H and O–H groups in total. The molecule has 0 aromatic rings. The molecule has 22 heavy (non-hydrogen) atoms. The van der Waals surface area contributed by atoms with Crippen molar-refractivity contribution in [1.82, 2.24) is 4.90 Å². The van der Waals surface area contributed by atoms with E-state index in [1.54, 1.807) is 6.92 Å². The molecule has 0 aromatic carbocycles. The van der Waals surface area contributed by atoms with Gasteiger partial charge >= 0.3 is 11.9 Å². The molecule has 1 heterocycles. The molecule has 1 rings (SSSR count). The lowest BCUT2D eigenvalue weighted by atomic mass is 9.99. The smallest absolute Gasteiger partial charge is 0.332 e. The Morgan fingerprint density at radius 3 is 2.09 bits per heavy atom. The van der Waals surface area contributed by atoms with Gasteiger partial charge in [0, 0.05) is 24.2 Å². The summed E-state index contributed by atoms with van der Waals surface area (Å²) in [5.41, 5.74) is 0.0870. The van der Waals surface area contributed by atoms with Crippen molar-refractivity contribution in [3.8, 4) is 0 Å². The van der Waals surface area contributed by atoms with Gasteiger partial charge < -0.3 is 14.9 Å². The Balaban J connectivity index is 2.26. The fourth-order valence-corrected chi connectivity index (χ4v) is 2.70. The van der Waals surface area contributed by atoms with E-state index in [9.17, 15) is 9.59 Å². The SMILES string of the molecule is CC/C(C(=O)O)=C(/CCCCCCN1CCOCC1)C(=O)O. The molecule has 0 spiro atoms. The summed E-state index contributed by atoms with van der Waals surface area (Å²) in [7, 11) is 0. The van der Waals surface area contributed by atoms with Gasteiger partial charge in [-0.1, -0.05) is 19.8 Å². The van der Waals surface area contributed by atoms with Gasteiger partial charge in [-0.15, -0.1) is 0 Å². The van der Waals surface area contributed by atoms with Crippen molar-refractivity contribution < 1.29 is 24.5 Å². The number of carbonyl (C=O) groups is 2. The third-order valence-corrected chi connectivity index (χ3v) is 3.99. The highest BCUT2D eigenvalue weighted by molar-refractivity contribution is 5.98. The zero-order chi connectivity index (χ0) is 16.4. The summed E-state index contributed by atoms with van der Waals surface area (Å²) in [6.45, 7) is 6.33. The maximum atomic E-state index is 11.2. The molecule has 0 amide bonds. The molecule has 0 aliphatic carbocycles. The highest BCUT2D eigenvalue weighted by atomic mass is 16.5. The Hall–Kier alpha value is -1.40. The van der Waals surface area contributed by atoms with Gasteiger partial charge in [-0.25, -0.2) is 9.59 Å². The summed E-state index contributed by atoms with van der Waals surface area (Å²) >= 11 is 0. The van der Waals surface area contributed by atoms with Crippen LogP contribution in [0.15, 0.2) is 11.1 Å². The second-order valence-corrected chi connectivity index (χ2v) is 5.54. The van der Waals surface area contributed by atoms with Crippen LogP contribution in [0.1, 0.15) is 45.4 Å². The van der Waals surface area contributed by atoms with E-state index in [4.69, 9.17) is 14.9 Å². The molecule has 0 radical (unpaired) electrons. The normalized spacial score (nSPS) is 17.1. The monoisotopic (exact) mass is 313 g/mol. The molecule has 0 atom stereocenters. The Labute approximate surface area is 131 Å². The van der Waals surface area contributed by atoms with Crippen LogP contribution in [-0.4, -0.2) is 59.9 Å². The van der Waals surface area contributed by atoms with Gasteiger partial charge in [0.05, 0.1) is 13.2 Å². The Morgan fingerprint density at radius 1 is 0.955 bits per heavy atom. The summed E-state index contributed by atoms with van der Waals surface area (Å²) < 4.78 is 5.30. The molecule has 6 nitrogen and oxygen atoms in total. The van der Waals surface area contributed by atoms with E-state index in [0.29, 0.717) is 6.42 Å². The summed E-state index contributed by atoms with van der Waals surface area (Å²) in [6.07, 6.45) is 4.36. The van der Waals surface area contributed by atoms with Gasteiger partial charge in [-0.05, 0) is 32.2 Å². The van der Waals surface area contributed by atoms with Crippen LogP contribution in [-0.2, 0) is 14.3 Å². The van der Waals surface area contributed by atoms with Crippen molar-refractivity contribution >= 4 is 11.9 Å². The Kier molecular flexibility index (Phi) is 8.77. The maximum Gasteiger partial charge on any atom is 0.332 e. The number of morpholine rings is 1. The van der Waals surface area contributed by atoms with Crippen molar-refractivity contribution in [3.05, 3.63) is 11.1 Å². The quantitative estimate of drug-likeness (QED) is 0.475. The number of carboxylic acids is 2. The summed E-state index contributed by atoms with van der Waals surface area (Å²) in [4.78, 5) is 24.6. The van der Waals surface area contributed by atoms with Crippen molar-refractivity contribution in [2.24, 2.45) is 0 Å². The molecule has 126 valence electrons. The van der Waals surface area contributed by atoms with E-state index in [0.717, 1.165) is 58.5 Å². The minimum Gasteiger partial charge on any atom is -0.478 e. The molecule has 1 aliphatic heterocycles. The molecule has 1 aliphatic rings. The Bertz CT molecular complexity index is 399. The van der Waals surface area contributed by atoms with E-state index < -0.39 is 11.9 Å². The van der Waals surface area contributed by atoms with Gasteiger partial charge in [-0.3, -0.25) is 4.90 Å². The zero-order valence-electron chi connectivity index (χ0n) is 13.3. The van der Waals surface area contributed by atoms with E-state index in [2.05, 4.69) is 4.90 Å². The van der Waals surface area contributed by atoms with E-state index in [-0.39, 0.29) is 17.6 Å². The number of hydrogen-bond donors (Lipinski definition) is 2. The fraction of sp³-hybridized carbons (Fsp3) is 0.750. The molecular formula is C16H27NO5.